The molecule has 2 aromatic carbocycles. The van der Waals surface area contributed by atoms with Crippen molar-refractivity contribution in [2.75, 3.05) is 13.0 Å². The fraction of sp³-hybridized carbons (Fsp3) is 0.190. The predicted octanol–water partition coefficient (Wildman–Crippen LogP) is 3.79. The molecular weight excluding hydrogens is 426 g/mol. The van der Waals surface area contributed by atoms with Gasteiger partial charge in [0.05, 0.1) is 23.5 Å². The third-order valence-electron chi connectivity index (χ3n) is 5.14. The molecule has 0 radical (unpaired) electrons. The summed E-state index contributed by atoms with van der Waals surface area (Å²) >= 11 is 6.50. The molecule has 7 nitrogen and oxygen atoms in total. The van der Waals surface area contributed by atoms with Crippen LogP contribution in [-0.4, -0.2) is 30.9 Å². The molecule has 30 heavy (non-hydrogen) atoms. The fourth-order valence-corrected chi connectivity index (χ4v) is 4.72. The Morgan fingerprint density at radius 3 is 2.53 bits per heavy atom. The number of hydrogen-bond acceptors (Lipinski definition) is 6. The highest BCUT2D eigenvalue weighted by molar-refractivity contribution is 7.88. The molecule has 9 heteroatoms. The zero-order valence-electron chi connectivity index (χ0n) is 16.2. The number of fused-ring (bicyclic) bond motifs is 2. The molecule has 2 aliphatic heterocycles. The first-order valence-corrected chi connectivity index (χ1v) is 11.5. The Hall–Kier alpha value is -2.81. The Balaban J connectivity index is 1.63. The summed E-state index contributed by atoms with van der Waals surface area (Å²) in [5.41, 5.74) is 6.91. The summed E-state index contributed by atoms with van der Waals surface area (Å²) in [4.78, 5) is 4.47. The number of halogens is 1. The molecule has 0 bridgehead atoms. The maximum Gasteiger partial charge on any atom is 0.231 e. The maximum atomic E-state index is 12.5. The topological polar surface area (TPSA) is 80.8 Å². The molecule has 0 aliphatic carbocycles. The average Bonchev–Trinajstić information content (AvgIpc) is 3.33. The molecule has 1 aromatic heterocycles. The second-order valence-corrected chi connectivity index (χ2v) is 9.55. The van der Waals surface area contributed by atoms with E-state index in [-0.39, 0.29) is 11.9 Å². The lowest BCUT2D eigenvalue weighted by Gasteiger charge is -2.23. The second-order valence-electron chi connectivity index (χ2n) is 7.33. The van der Waals surface area contributed by atoms with Crippen molar-refractivity contribution in [2.45, 2.75) is 13.0 Å². The van der Waals surface area contributed by atoms with Gasteiger partial charge >= 0.3 is 0 Å². The van der Waals surface area contributed by atoms with Gasteiger partial charge in [0, 0.05) is 17.0 Å². The van der Waals surface area contributed by atoms with E-state index in [1.807, 2.05) is 49.4 Å². The minimum Gasteiger partial charge on any atom is -0.454 e. The first kappa shape index (κ1) is 19.2. The van der Waals surface area contributed by atoms with Crippen molar-refractivity contribution < 1.29 is 17.9 Å². The van der Waals surface area contributed by atoms with E-state index >= 15 is 0 Å². The third kappa shape index (κ3) is 3.27. The van der Waals surface area contributed by atoms with Gasteiger partial charge < -0.3 is 14.9 Å². The Labute approximate surface area is 178 Å². The highest BCUT2D eigenvalue weighted by Crippen LogP contribution is 2.40. The lowest BCUT2D eigenvalue weighted by molar-refractivity contribution is 0.174. The number of sulfonamides is 1. The van der Waals surface area contributed by atoms with Crippen LogP contribution in [0, 0.1) is 6.92 Å². The van der Waals surface area contributed by atoms with Gasteiger partial charge in [0.2, 0.25) is 16.8 Å². The van der Waals surface area contributed by atoms with Crippen molar-refractivity contribution in [2.24, 2.45) is 0 Å². The van der Waals surface area contributed by atoms with E-state index in [1.54, 1.807) is 6.07 Å². The summed E-state index contributed by atoms with van der Waals surface area (Å²) in [6, 6.07) is 12.6. The third-order valence-corrected chi connectivity index (χ3v) is 6.47. The number of aromatic nitrogens is 1. The number of nitrogens with one attached hydrogen (secondary N) is 1. The zero-order chi connectivity index (χ0) is 21.0. The van der Waals surface area contributed by atoms with Crippen molar-refractivity contribution in [1.82, 2.24) is 14.8 Å². The molecule has 2 aliphatic rings. The van der Waals surface area contributed by atoms with E-state index in [9.17, 15) is 8.42 Å². The standard InChI is InChI=1S/C21H18ClN3O4S/c1-12-3-5-13(6-4-12)17-9-18(25(24-17)30(2,26)27)15-7-14-8-19-20(29-11-28-19)10-16(14)23-21(15)22/h3-10,18,24H,11H2,1-2H3/t18-/m1/s1. The van der Waals surface area contributed by atoms with Gasteiger partial charge in [-0.05, 0) is 30.7 Å². The monoisotopic (exact) mass is 443 g/mol. The lowest BCUT2D eigenvalue weighted by atomic mass is 10.0. The van der Waals surface area contributed by atoms with Crippen LogP contribution in [0.3, 0.4) is 0 Å². The van der Waals surface area contributed by atoms with Crippen LogP contribution in [0.5, 0.6) is 11.5 Å². The molecule has 0 fully saturated rings. The zero-order valence-corrected chi connectivity index (χ0v) is 17.8. The summed E-state index contributed by atoms with van der Waals surface area (Å²) in [5.74, 6) is 1.23. The normalized spacial score (nSPS) is 18.5. The van der Waals surface area contributed by atoms with Gasteiger partial charge in [0.1, 0.15) is 5.15 Å². The van der Waals surface area contributed by atoms with E-state index in [4.69, 9.17) is 21.1 Å². The molecule has 0 amide bonds. The number of hydrogen-bond donors (Lipinski definition) is 1. The first-order valence-electron chi connectivity index (χ1n) is 9.24. The molecule has 3 heterocycles. The van der Waals surface area contributed by atoms with Crippen molar-refractivity contribution in [3.63, 3.8) is 0 Å². The molecule has 154 valence electrons. The Morgan fingerprint density at radius 1 is 1.13 bits per heavy atom. The number of rotatable bonds is 3. The van der Waals surface area contributed by atoms with Crippen LogP contribution in [0.25, 0.3) is 16.6 Å². The quantitative estimate of drug-likeness (QED) is 0.620. The summed E-state index contributed by atoms with van der Waals surface area (Å²) in [5, 5.41) is 1.01. The summed E-state index contributed by atoms with van der Waals surface area (Å²) in [7, 11) is -3.59. The van der Waals surface area contributed by atoms with Crippen LogP contribution in [0.15, 0.2) is 48.5 Å². The fourth-order valence-electron chi connectivity index (χ4n) is 3.61. The molecule has 0 saturated carbocycles. The largest absolute Gasteiger partial charge is 0.454 e. The van der Waals surface area contributed by atoms with Gasteiger partial charge in [-0.3, -0.25) is 0 Å². The Bertz CT molecular complexity index is 1310. The molecular formula is C21H18ClN3O4S. The Morgan fingerprint density at radius 2 is 1.83 bits per heavy atom. The summed E-state index contributed by atoms with van der Waals surface area (Å²) in [6.45, 7) is 2.15. The molecule has 0 unspecified atom stereocenters. The number of pyridine rings is 1. The average molecular weight is 444 g/mol. The van der Waals surface area contributed by atoms with Gasteiger partial charge in [-0.2, -0.15) is 0 Å². The van der Waals surface area contributed by atoms with Crippen molar-refractivity contribution in [3.8, 4) is 11.5 Å². The van der Waals surface area contributed by atoms with E-state index in [1.165, 1.54) is 4.41 Å². The van der Waals surface area contributed by atoms with Crippen molar-refractivity contribution >= 4 is 38.2 Å². The lowest BCUT2D eigenvalue weighted by Crippen LogP contribution is -2.38. The van der Waals surface area contributed by atoms with E-state index in [0.29, 0.717) is 28.3 Å². The van der Waals surface area contributed by atoms with Crippen molar-refractivity contribution in [3.05, 3.63) is 70.4 Å². The number of nitrogens with zero attached hydrogens (tertiary/aromatic N) is 2. The Kier molecular flexibility index (Phi) is 4.39. The molecule has 3 aromatic rings. The number of aryl methyl sites for hydroxylation is 1. The molecule has 0 saturated heterocycles. The molecule has 1 atom stereocenters. The maximum absolute atomic E-state index is 12.5. The van der Waals surface area contributed by atoms with Gasteiger partial charge in [-0.15, -0.1) is 4.41 Å². The van der Waals surface area contributed by atoms with Gasteiger partial charge in [0.15, 0.2) is 11.5 Å². The summed E-state index contributed by atoms with van der Waals surface area (Å²) in [6.07, 6.45) is 2.99. The smallest absolute Gasteiger partial charge is 0.231 e. The highest BCUT2D eigenvalue weighted by atomic mass is 35.5. The van der Waals surface area contributed by atoms with Crippen LogP contribution >= 0.6 is 11.6 Å². The minimum atomic E-state index is -3.59. The van der Waals surface area contributed by atoms with Crippen LogP contribution in [0.1, 0.15) is 22.7 Å². The van der Waals surface area contributed by atoms with Gasteiger partial charge in [-0.1, -0.05) is 41.4 Å². The van der Waals surface area contributed by atoms with Crippen LogP contribution in [-0.2, 0) is 10.0 Å². The van der Waals surface area contributed by atoms with Crippen LogP contribution < -0.4 is 14.9 Å². The number of ether oxygens (including phenoxy) is 2. The van der Waals surface area contributed by atoms with Crippen LogP contribution in [0.4, 0.5) is 0 Å². The highest BCUT2D eigenvalue weighted by Gasteiger charge is 2.35. The van der Waals surface area contributed by atoms with E-state index < -0.39 is 16.1 Å². The number of benzene rings is 2. The predicted molar refractivity (Wildman–Crippen MR) is 115 cm³/mol. The SMILES string of the molecule is Cc1ccc(C2=C[C@H](c3cc4cc5c(cc4nc3Cl)OCO5)N(S(C)(=O)=O)N2)cc1. The van der Waals surface area contributed by atoms with Gasteiger partial charge in [0.25, 0.3) is 0 Å². The van der Waals surface area contributed by atoms with Crippen molar-refractivity contribution in [1.29, 1.82) is 0 Å². The van der Waals surface area contributed by atoms with E-state index in [0.717, 1.165) is 22.8 Å². The summed E-state index contributed by atoms with van der Waals surface area (Å²) < 4.78 is 37.1. The molecule has 0 spiro atoms. The number of hydrazine groups is 1. The van der Waals surface area contributed by atoms with Crippen LogP contribution in [0.2, 0.25) is 5.15 Å². The first-order chi connectivity index (χ1) is 14.3. The second kappa shape index (κ2) is 6.87. The van der Waals surface area contributed by atoms with Gasteiger partial charge in [-0.25, -0.2) is 13.4 Å². The minimum absolute atomic E-state index is 0.156. The molecule has 5 rings (SSSR count). The van der Waals surface area contributed by atoms with E-state index in [2.05, 4.69) is 10.4 Å². The molecule has 1 N–H and O–H groups in total.